The van der Waals surface area contributed by atoms with Crippen LogP contribution in [0.5, 0.6) is 11.5 Å². The van der Waals surface area contributed by atoms with Gasteiger partial charge in [0.1, 0.15) is 17.3 Å². The Balaban J connectivity index is 0.00000380. The molecule has 1 fully saturated rings. The second-order valence-electron chi connectivity index (χ2n) is 10.4. The van der Waals surface area contributed by atoms with Crippen molar-refractivity contribution in [3.63, 3.8) is 0 Å². The molecule has 0 bridgehead atoms. The number of anilines is 1. The number of ether oxygens (including phenoxy) is 2. The van der Waals surface area contributed by atoms with Crippen molar-refractivity contribution >= 4 is 40.2 Å². The molecular formula is C28H37BrN4O4. The number of Topliss-reactive ketones (excluding diaryl/α,β-unsaturated/α-hetero) is 1. The van der Waals surface area contributed by atoms with Crippen LogP contribution in [0, 0.1) is 5.41 Å². The number of benzene rings is 2. The maximum atomic E-state index is 13.5. The summed E-state index contributed by atoms with van der Waals surface area (Å²) in [7, 11) is 3.23. The number of amides is 1. The van der Waals surface area contributed by atoms with Crippen molar-refractivity contribution in [3.05, 3.63) is 52.1 Å². The minimum atomic E-state index is -0.271. The van der Waals surface area contributed by atoms with Gasteiger partial charge in [0.15, 0.2) is 5.78 Å². The first kappa shape index (κ1) is 28.5. The summed E-state index contributed by atoms with van der Waals surface area (Å²) in [6, 6.07) is 7.70. The van der Waals surface area contributed by atoms with Gasteiger partial charge in [-0.05, 0) is 55.0 Å². The van der Waals surface area contributed by atoms with Gasteiger partial charge in [-0.1, -0.05) is 20.8 Å². The Hall–Kier alpha value is -3.07. The largest absolute Gasteiger partial charge is 0.494 e. The summed E-state index contributed by atoms with van der Waals surface area (Å²) in [4.78, 5) is 27.7. The van der Waals surface area contributed by atoms with Crippen LogP contribution in [0.25, 0.3) is 0 Å². The quantitative estimate of drug-likeness (QED) is 0.368. The average molecular weight is 574 g/mol. The van der Waals surface area contributed by atoms with Gasteiger partial charge in [0.2, 0.25) is 0 Å². The van der Waals surface area contributed by atoms with Crippen molar-refractivity contribution in [1.29, 1.82) is 5.41 Å². The predicted octanol–water partition coefficient (Wildman–Crippen LogP) is 4.93. The van der Waals surface area contributed by atoms with Gasteiger partial charge in [-0.2, -0.15) is 0 Å². The van der Waals surface area contributed by atoms with E-state index in [0.29, 0.717) is 41.6 Å². The molecular weight excluding hydrogens is 536 g/mol. The Morgan fingerprint density at radius 3 is 2.43 bits per heavy atom. The fourth-order valence-corrected chi connectivity index (χ4v) is 4.54. The molecule has 3 N–H and O–H groups in total. The van der Waals surface area contributed by atoms with Crippen LogP contribution in [0.3, 0.4) is 0 Å². The molecule has 0 radical (unpaired) electrons. The van der Waals surface area contributed by atoms with E-state index in [0.717, 1.165) is 35.4 Å². The van der Waals surface area contributed by atoms with Crippen LogP contribution in [0.4, 0.5) is 5.69 Å². The Kier molecular flexibility index (Phi) is 8.57. The molecule has 0 atom stereocenters. The summed E-state index contributed by atoms with van der Waals surface area (Å²) in [6.45, 7) is 9.07. The first-order chi connectivity index (χ1) is 17.1. The topological polar surface area (TPSA) is 104 Å². The van der Waals surface area contributed by atoms with Crippen molar-refractivity contribution in [2.75, 3.05) is 32.6 Å². The normalized spacial score (nSPS) is 14.5. The third kappa shape index (κ3) is 5.92. The van der Waals surface area contributed by atoms with Gasteiger partial charge >= 0.3 is 0 Å². The van der Waals surface area contributed by atoms with E-state index in [9.17, 15) is 9.59 Å². The monoisotopic (exact) mass is 572 g/mol. The van der Waals surface area contributed by atoms with Crippen LogP contribution in [0.15, 0.2) is 24.3 Å². The minimum absolute atomic E-state index is 0. The number of halogens is 1. The van der Waals surface area contributed by atoms with E-state index in [4.69, 9.17) is 14.9 Å². The first-order valence-electron chi connectivity index (χ1n) is 12.4. The lowest BCUT2D eigenvalue weighted by Crippen LogP contribution is -2.30. The van der Waals surface area contributed by atoms with E-state index in [2.05, 4.69) is 31.4 Å². The van der Waals surface area contributed by atoms with E-state index in [1.54, 1.807) is 25.1 Å². The van der Waals surface area contributed by atoms with E-state index >= 15 is 0 Å². The Morgan fingerprint density at radius 1 is 1.16 bits per heavy atom. The first-order valence-corrected chi connectivity index (χ1v) is 12.4. The lowest BCUT2D eigenvalue weighted by molar-refractivity contribution is 0.0953. The highest BCUT2D eigenvalue weighted by molar-refractivity contribution is 8.93. The van der Waals surface area contributed by atoms with Gasteiger partial charge < -0.3 is 25.0 Å². The number of methoxy groups -OCH3 is 1. The lowest BCUT2D eigenvalue weighted by Gasteiger charge is -2.26. The second kappa shape index (κ2) is 11.1. The standard InChI is InChI=1S/C28H36N4O4.BrH/c1-7-36-24-12-17-14-32(26(29)19(17)13-20(24)27(34)30-5)15-23(33)16-10-21(28(2,3)4)25(35-6)22(11-16)31-18-8-9-18;/h10-13,18,29,31H,7-9,14-15H2,1-6H3,(H,30,34);1H. The fourth-order valence-electron chi connectivity index (χ4n) is 4.54. The van der Waals surface area contributed by atoms with Crippen LogP contribution in [-0.2, 0) is 12.0 Å². The minimum Gasteiger partial charge on any atom is -0.494 e. The smallest absolute Gasteiger partial charge is 0.254 e. The summed E-state index contributed by atoms with van der Waals surface area (Å²) in [6.07, 6.45) is 2.22. The molecule has 200 valence electrons. The van der Waals surface area contributed by atoms with Crippen LogP contribution >= 0.6 is 17.0 Å². The number of rotatable bonds is 9. The van der Waals surface area contributed by atoms with Crippen LogP contribution in [0.2, 0.25) is 0 Å². The molecule has 9 heteroatoms. The van der Waals surface area contributed by atoms with Crippen molar-refractivity contribution in [3.8, 4) is 11.5 Å². The number of ketones is 1. The van der Waals surface area contributed by atoms with Gasteiger partial charge in [0.05, 0.1) is 31.5 Å². The van der Waals surface area contributed by atoms with Crippen LogP contribution in [-0.4, -0.2) is 55.8 Å². The molecule has 37 heavy (non-hydrogen) atoms. The third-order valence-electron chi connectivity index (χ3n) is 6.60. The molecule has 8 nitrogen and oxygen atoms in total. The summed E-state index contributed by atoms with van der Waals surface area (Å²) in [5.74, 6) is 1.14. The number of nitrogens with zero attached hydrogens (tertiary/aromatic N) is 1. The highest BCUT2D eigenvalue weighted by Gasteiger charge is 2.31. The summed E-state index contributed by atoms with van der Waals surface area (Å²) in [5.41, 5.74) is 4.08. The zero-order chi connectivity index (χ0) is 26.2. The van der Waals surface area contributed by atoms with Crippen molar-refractivity contribution in [2.45, 2.75) is 58.5 Å². The predicted molar refractivity (Wildman–Crippen MR) is 151 cm³/mol. The highest BCUT2D eigenvalue weighted by atomic mass is 79.9. The zero-order valence-electron chi connectivity index (χ0n) is 22.4. The maximum Gasteiger partial charge on any atom is 0.254 e. The summed E-state index contributed by atoms with van der Waals surface area (Å²) in [5, 5.41) is 14.9. The molecule has 0 spiro atoms. The van der Waals surface area contributed by atoms with E-state index in [1.165, 1.54) is 0 Å². The van der Waals surface area contributed by atoms with E-state index in [-0.39, 0.29) is 46.5 Å². The average Bonchev–Trinajstić information content (AvgIpc) is 3.60. The van der Waals surface area contributed by atoms with Gasteiger partial charge in [-0.15, -0.1) is 17.0 Å². The molecule has 0 saturated heterocycles. The van der Waals surface area contributed by atoms with Crippen molar-refractivity contribution in [2.24, 2.45) is 0 Å². The molecule has 2 aromatic rings. The molecule has 4 rings (SSSR count). The number of carbonyl (C=O) groups excluding carboxylic acids is 2. The number of fused-ring (bicyclic) bond motifs is 1. The Morgan fingerprint density at radius 2 is 1.86 bits per heavy atom. The molecule has 1 heterocycles. The third-order valence-corrected chi connectivity index (χ3v) is 6.60. The fraction of sp³-hybridized carbons (Fsp3) is 0.464. The molecule has 1 amide bonds. The molecule has 0 unspecified atom stereocenters. The summed E-state index contributed by atoms with van der Waals surface area (Å²) >= 11 is 0. The van der Waals surface area contributed by atoms with Gasteiger partial charge in [-0.25, -0.2) is 0 Å². The van der Waals surface area contributed by atoms with E-state index < -0.39 is 0 Å². The van der Waals surface area contributed by atoms with Crippen LogP contribution < -0.4 is 20.1 Å². The van der Waals surface area contributed by atoms with E-state index in [1.807, 2.05) is 25.1 Å². The second-order valence-corrected chi connectivity index (χ2v) is 10.4. The molecule has 2 aliphatic rings. The van der Waals surface area contributed by atoms with Gasteiger partial charge in [0, 0.05) is 36.3 Å². The zero-order valence-corrected chi connectivity index (χ0v) is 24.1. The molecule has 2 aromatic carbocycles. The number of amidine groups is 1. The summed E-state index contributed by atoms with van der Waals surface area (Å²) < 4.78 is 11.5. The van der Waals surface area contributed by atoms with Gasteiger partial charge in [-0.3, -0.25) is 15.0 Å². The van der Waals surface area contributed by atoms with Gasteiger partial charge in [0.25, 0.3) is 5.91 Å². The molecule has 1 saturated carbocycles. The highest BCUT2D eigenvalue weighted by Crippen LogP contribution is 2.40. The number of carbonyl (C=O) groups is 2. The molecule has 1 aliphatic heterocycles. The van der Waals surface area contributed by atoms with Crippen LogP contribution in [0.1, 0.15) is 77.9 Å². The Bertz CT molecular complexity index is 1220. The maximum absolute atomic E-state index is 13.5. The SMILES string of the molecule is Br.CCOc1cc2c(cc1C(=O)NC)C(=N)N(CC(=O)c1cc(NC3CC3)c(OC)c(C(C)(C)C)c1)C2. The number of hydrogen-bond acceptors (Lipinski definition) is 6. The Labute approximate surface area is 229 Å². The lowest BCUT2D eigenvalue weighted by atomic mass is 9.84. The van der Waals surface area contributed by atoms with Crippen molar-refractivity contribution in [1.82, 2.24) is 10.2 Å². The molecule has 1 aliphatic carbocycles. The molecule has 0 aromatic heterocycles. The van der Waals surface area contributed by atoms with Crippen molar-refractivity contribution < 1.29 is 19.1 Å². The number of nitrogens with one attached hydrogen (secondary N) is 3. The number of hydrogen-bond donors (Lipinski definition) is 3.